The third-order valence-electron chi connectivity index (χ3n) is 2.27. The van der Waals surface area contributed by atoms with Gasteiger partial charge >= 0.3 is 0 Å². The zero-order valence-corrected chi connectivity index (χ0v) is 9.25. The Hall–Kier alpha value is -2.32. The van der Waals surface area contributed by atoms with Gasteiger partial charge in [-0.05, 0) is 0 Å². The molecule has 0 aliphatic heterocycles. The van der Waals surface area contributed by atoms with Crippen molar-refractivity contribution in [2.45, 2.75) is 0 Å². The first kappa shape index (κ1) is 14.1. The van der Waals surface area contributed by atoms with Gasteiger partial charge in [0.25, 0.3) is 11.9 Å². The Morgan fingerprint density at radius 2 is 1.20 bits per heavy atom. The lowest BCUT2D eigenvalue weighted by atomic mass is 10.2. The molecule has 1 heterocycles. The van der Waals surface area contributed by atoms with Crippen molar-refractivity contribution in [2.75, 3.05) is 5.32 Å². The summed E-state index contributed by atoms with van der Waals surface area (Å²) in [7, 11) is 0. The van der Waals surface area contributed by atoms with Gasteiger partial charge in [-0.1, -0.05) is 0 Å². The molecule has 0 fully saturated rings. The molecule has 0 bridgehead atoms. The van der Waals surface area contributed by atoms with Gasteiger partial charge in [-0.25, -0.2) is 13.2 Å². The first-order chi connectivity index (χ1) is 9.31. The maximum absolute atomic E-state index is 13.3. The van der Waals surface area contributed by atoms with Crippen molar-refractivity contribution in [3.05, 3.63) is 53.1 Å². The van der Waals surface area contributed by atoms with Crippen LogP contribution in [0.3, 0.4) is 0 Å². The quantitative estimate of drug-likeness (QED) is 0.518. The SMILES string of the molecule is Fc1cc(F)c(Nc2c(F)c(F)nc(F)c2F)cc1F. The number of benzene rings is 1. The van der Waals surface area contributed by atoms with Crippen molar-refractivity contribution < 1.29 is 30.7 Å². The second kappa shape index (κ2) is 4.99. The highest BCUT2D eigenvalue weighted by Crippen LogP contribution is 2.28. The molecule has 0 aliphatic rings. The van der Waals surface area contributed by atoms with Gasteiger partial charge in [-0.15, -0.1) is 0 Å². The summed E-state index contributed by atoms with van der Waals surface area (Å²) in [5.74, 6) is -12.3. The van der Waals surface area contributed by atoms with Crippen molar-refractivity contribution in [3.8, 4) is 0 Å². The number of nitrogens with zero attached hydrogens (tertiary/aromatic N) is 1. The summed E-state index contributed by atoms with van der Waals surface area (Å²) in [6.07, 6.45) is 0. The second-order valence-corrected chi connectivity index (χ2v) is 3.57. The largest absolute Gasteiger partial charge is 0.348 e. The maximum Gasteiger partial charge on any atom is 0.253 e. The Kier molecular flexibility index (Phi) is 3.51. The minimum atomic E-state index is -1.98. The van der Waals surface area contributed by atoms with Gasteiger partial charge in [-0.2, -0.15) is 22.5 Å². The van der Waals surface area contributed by atoms with E-state index in [0.717, 1.165) is 0 Å². The molecular formula is C11H3F7N2. The number of nitrogens with one attached hydrogen (secondary N) is 1. The summed E-state index contributed by atoms with van der Waals surface area (Å²) in [6, 6.07) is 0.334. The molecule has 0 aliphatic carbocycles. The summed E-state index contributed by atoms with van der Waals surface area (Å²) in [5.41, 5.74) is -2.33. The first-order valence-corrected chi connectivity index (χ1v) is 4.92. The third kappa shape index (κ3) is 2.38. The van der Waals surface area contributed by atoms with E-state index in [9.17, 15) is 30.7 Å². The fourth-order valence-electron chi connectivity index (χ4n) is 1.35. The van der Waals surface area contributed by atoms with Crippen molar-refractivity contribution in [1.29, 1.82) is 0 Å². The van der Waals surface area contributed by atoms with Gasteiger partial charge < -0.3 is 5.32 Å². The number of hydrogen-bond acceptors (Lipinski definition) is 2. The van der Waals surface area contributed by atoms with Crippen molar-refractivity contribution in [1.82, 2.24) is 4.98 Å². The first-order valence-electron chi connectivity index (χ1n) is 4.92. The molecule has 0 saturated carbocycles. The monoisotopic (exact) mass is 296 g/mol. The smallest absolute Gasteiger partial charge is 0.253 e. The Bertz CT molecular complexity index is 661. The van der Waals surface area contributed by atoms with Crippen LogP contribution in [0.25, 0.3) is 0 Å². The Morgan fingerprint density at radius 1 is 0.700 bits per heavy atom. The van der Waals surface area contributed by atoms with Crippen LogP contribution < -0.4 is 5.32 Å². The van der Waals surface area contributed by atoms with E-state index in [1.165, 1.54) is 0 Å². The van der Waals surface area contributed by atoms with Gasteiger partial charge in [0.05, 0.1) is 5.69 Å². The predicted octanol–water partition coefficient (Wildman–Crippen LogP) is 3.80. The molecule has 2 aromatic rings. The molecule has 1 N–H and O–H groups in total. The summed E-state index contributed by atoms with van der Waals surface area (Å²) in [4.78, 5) is 2.28. The zero-order chi connectivity index (χ0) is 15.0. The average Bonchev–Trinajstić information content (AvgIpc) is 2.38. The van der Waals surface area contributed by atoms with Crippen LogP contribution in [0.4, 0.5) is 42.1 Å². The topological polar surface area (TPSA) is 24.9 Å². The Labute approximate surface area is 106 Å². The lowest BCUT2D eigenvalue weighted by Gasteiger charge is -2.10. The van der Waals surface area contributed by atoms with Gasteiger partial charge in [0, 0.05) is 12.1 Å². The van der Waals surface area contributed by atoms with Crippen LogP contribution in [-0.2, 0) is 0 Å². The molecule has 2 nitrogen and oxygen atoms in total. The molecule has 2 rings (SSSR count). The summed E-state index contributed by atoms with van der Waals surface area (Å²) in [6.45, 7) is 0. The van der Waals surface area contributed by atoms with E-state index in [-0.39, 0.29) is 12.1 Å². The summed E-state index contributed by atoms with van der Waals surface area (Å²) < 4.78 is 90.9. The van der Waals surface area contributed by atoms with E-state index >= 15 is 0 Å². The van der Waals surface area contributed by atoms with Crippen LogP contribution in [0.15, 0.2) is 12.1 Å². The van der Waals surface area contributed by atoms with E-state index in [0.29, 0.717) is 0 Å². The van der Waals surface area contributed by atoms with Crippen LogP contribution in [0, 0.1) is 41.0 Å². The minimum Gasteiger partial charge on any atom is -0.348 e. The fourth-order valence-corrected chi connectivity index (χ4v) is 1.35. The highest BCUT2D eigenvalue weighted by atomic mass is 19.2. The molecule has 1 aromatic carbocycles. The number of pyridine rings is 1. The molecule has 0 unspecified atom stereocenters. The maximum atomic E-state index is 13.3. The van der Waals surface area contributed by atoms with E-state index < -0.39 is 52.4 Å². The highest BCUT2D eigenvalue weighted by Gasteiger charge is 2.22. The zero-order valence-electron chi connectivity index (χ0n) is 9.25. The molecule has 1 aromatic heterocycles. The number of aromatic nitrogens is 1. The van der Waals surface area contributed by atoms with Gasteiger partial charge in [0.1, 0.15) is 11.5 Å². The lowest BCUT2D eigenvalue weighted by molar-refractivity contribution is 0.411. The molecule has 106 valence electrons. The predicted molar refractivity (Wildman–Crippen MR) is 53.7 cm³/mol. The van der Waals surface area contributed by atoms with Gasteiger partial charge in [-0.3, -0.25) is 0 Å². The second-order valence-electron chi connectivity index (χ2n) is 3.57. The van der Waals surface area contributed by atoms with Crippen LogP contribution in [0.1, 0.15) is 0 Å². The Balaban J connectivity index is 2.53. The number of halogens is 7. The molecular weight excluding hydrogens is 293 g/mol. The standard InChI is InChI=1S/C11H3F7N2/c12-3-1-5(14)6(2-4(3)13)19-9-7(15)10(17)20-11(18)8(9)16/h1-2H,(H,19,20). The van der Waals surface area contributed by atoms with E-state index in [2.05, 4.69) is 4.98 Å². The van der Waals surface area contributed by atoms with E-state index in [1.54, 1.807) is 5.32 Å². The van der Waals surface area contributed by atoms with Crippen molar-refractivity contribution in [3.63, 3.8) is 0 Å². The average molecular weight is 296 g/mol. The fraction of sp³-hybridized carbons (Fsp3) is 0. The van der Waals surface area contributed by atoms with Crippen LogP contribution in [-0.4, -0.2) is 4.98 Å². The molecule has 0 amide bonds. The van der Waals surface area contributed by atoms with Gasteiger partial charge in [0.2, 0.25) is 11.6 Å². The molecule has 9 heteroatoms. The number of hydrogen-bond donors (Lipinski definition) is 1. The van der Waals surface area contributed by atoms with E-state index in [1.807, 2.05) is 0 Å². The molecule has 0 atom stereocenters. The third-order valence-corrected chi connectivity index (χ3v) is 2.27. The minimum absolute atomic E-state index is 0.0986. The normalized spacial score (nSPS) is 10.8. The van der Waals surface area contributed by atoms with Crippen LogP contribution >= 0.6 is 0 Å². The Morgan fingerprint density at radius 3 is 1.75 bits per heavy atom. The molecule has 0 spiro atoms. The lowest BCUT2D eigenvalue weighted by Crippen LogP contribution is -2.07. The number of rotatable bonds is 2. The van der Waals surface area contributed by atoms with Gasteiger partial charge in [0.15, 0.2) is 11.6 Å². The van der Waals surface area contributed by atoms with Crippen molar-refractivity contribution in [2.24, 2.45) is 0 Å². The molecule has 0 saturated heterocycles. The molecule has 20 heavy (non-hydrogen) atoms. The van der Waals surface area contributed by atoms with Crippen LogP contribution in [0.5, 0.6) is 0 Å². The number of anilines is 2. The van der Waals surface area contributed by atoms with Crippen LogP contribution in [0.2, 0.25) is 0 Å². The summed E-state index contributed by atoms with van der Waals surface area (Å²) >= 11 is 0. The summed E-state index contributed by atoms with van der Waals surface area (Å²) in [5, 5.41) is 1.61. The van der Waals surface area contributed by atoms with E-state index in [4.69, 9.17) is 0 Å². The highest BCUT2D eigenvalue weighted by molar-refractivity contribution is 5.61. The van der Waals surface area contributed by atoms with Crippen molar-refractivity contribution >= 4 is 11.4 Å². The molecule has 0 radical (unpaired) electrons.